The first-order valence-corrected chi connectivity index (χ1v) is 5.04. The maximum absolute atomic E-state index is 11.4. The summed E-state index contributed by atoms with van der Waals surface area (Å²) < 4.78 is 0. The molecule has 0 spiro atoms. The first-order chi connectivity index (χ1) is 7.27. The number of aryl methyl sites for hydroxylation is 1. The number of anilines is 1. The van der Waals surface area contributed by atoms with Crippen LogP contribution in [0.2, 0.25) is 0 Å². The minimum Gasteiger partial charge on any atom is -0.201 e. The number of fused-ring (bicyclic) bond motifs is 3. The van der Waals surface area contributed by atoms with Crippen LogP contribution in [0.15, 0.2) is 30.1 Å². The molecular weight excluding hydrogens is 190 g/mol. The van der Waals surface area contributed by atoms with E-state index in [0.717, 1.165) is 17.1 Å². The van der Waals surface area contributed by atoms with E-state index in [1.807, 2.05) is 11.0 Å². The van der Waals surface area contributed by atoms with Crippen molar-refractivity contribution < 1.29 is 4.87 Å². The van der Waals surface area contributed by atoms with Crippen LogP contribution in [0.1, 0.15) is 11.1 Å². The third kappa shape index (κ3) is 1.08. The van der Waals surface area contributed by atoms with Crippen molar-refractivity contribution in [2.75, 3.05) is 11.6 Å². The van der Waals surface area contributed by atoms with Gasteiger partial charge in [-0.05, 0) is 17.4 Å². The molecule has 15 heavy (non-hydrogen) atoms. The van der Waals surface area contributed by atoms with Crippen LogP contribution in [0.4, 0.5) is 5.69 Å². The van der Waals surface area contributed by atoms with E-state index in [0.29, 0.717) is 6.67 Å². The predicted molar refractivity (Wildman–Crippen MR) is 57.1 cm³/mol. The summed E-state index contributed by atoms with van der Waals surface area (Å²) in [5, 5.41) is 0. The van der Waals surface area contributed by atoms with Crippen molar-refractivity contribution in [3.05, 3.63) is 46.1 Å². The third-order valence-corrected chi connectivity index (χ3v) is 2.95. The van der Waals surface area contributed by atoms with E-state index in [1.165, 1.54) is 16.8 Å². The second-order valence-corrected chi connectivity index (χ2v) is 3.89. The first kappa shape index (κ1) is 8.47. The van der Waals surface area contributed by atoms with Gasteiger partial charge in [0, 0.05) is 18.1 Å². The quantitative estimate of drug-likeness (QED) is 0.647. The number of hydrazine groups is 1. The highest BCUT2D eigenvalue weighted by Crippen LogP contribution is 2.33. The van der Waals surface area contributed by atoms with Crippen molar-refractivity contribution in [1.29, 1.82) is 0 Å². The maximum atomic E-state index is 11.4. The number of para-hydroxylation sites is 1. The lowest BCUT2D eigenvalue weighted by atomic mass is 10.0. The summed E-state index contributed by atoms with van der Waals surface area (Å²) in [5.74, 6) is 0.719. The molecule has 0 bridgehead atoms. The number of allylic oxidation sites excluding steroid dienone is 1. The highest BCUT2D eigenvalue weighted by Gasteiger charge is 2.38. The number of nitroso groups, excluding NO2 is 1. The summed E-state index contributed by atoms with van der Waals surface area (Å²) in [4.78, 5) is 14.3. The summed E-state index contributed by atoms with van der Waals surface area (Å²) in [6, 6.07) is 6.25. The fourth-order valence-corrected chi connectivity index (χ4v) is 2.27. The van der Waals surface area contributed by atoms with Gasteiger partial charge in [0.05, 0.1) is 4.87 Å². The lowest BCUT2D eigenvalue weighted by Gasteiger charge is -2.18. The Morgan fingerprint density at radius 2 is 2.33 bits per heavy atom. The third-order valence-electron chi connectivity index (χ3n) is 2.95. The predicted octanol–water partition coefficient (Wildman–Crippen LogP) is 1.45. The van der Waals surface area contributed by atoms with Gasteiger partial charge >= 0.3 is 5.82 Å². The Morgan fingerprint density at radius 1 is 1.47 bits per heavy atom. The van der Waals surface area contributed by atoms with E-state index in [9.17, 15) is 4.91 Å². The Balaban J connectivity index is 2.18. The van der Waals surface area contributed by atoms with Gasteiger partial charge in [-0.2, -0.15) is 5.43 Å². The van der Waals surface area contributed by atoms with E-state index in [1.54, 1.807) is 0 Å². The summed E-state index contributed by atoms with van der Waals surface area (Å²) in [6.07, 6.45) is 2.80. The molecule has 0 saturated carbocycles. The van der Waals surface area contributed by atoms with E-state index in [-0.39, 0.29) is 0 Å². The molecule has 1 N–H and O–H groups in total. The molecule has 0 radical (unpaired) electrons. The molecule has 2 heterocycles. The van der Waals surface area contributed by atoms with Crippen LogP contribution in [0.25, 0.3) is 0 Å². The molecule has 0 amide bonds. The van der Waals surface area contributed by atoms with E-state index < -0.39 is 0 Å². The number of nitrogens with one attached hydrogen (secondary N) is 1. The molecule has 2 aliphatic heterocycles. The Kier molecular flexibility index (Phi) is 1.59. The lowest BCUT2D eigenvalue weighted by Crippen LogP contribution is -2.24. The molecule has 0 aromatic heterocycles. The molecule has 1 aromatic carbocycles. The van der Waals surface area contributed by atoms with Crippen LogP contribution >= 0.6 is 0 Å². The number of nitrogens with zero attached hydrogens (tertiary/aromatic N) is 2. The van der Waals surface area contributed by atoms with Crippen LogP contribution in [0.3, 0.4) is 0 Å². The zero-order valence-corrected chi connectivity index (χ0v) is 8.53. The van der Waals surface area contributed by atoms with Crippen molar-refractivity contribution in [2.45, 2.75) is 13.3 Å². The molecule has 4 heteroatoms. The monoisotopic (exact) mass is 202 g/mol. The molecular formula is C11H12N3O+. The molecule has 0 unspecified atom stereocenters. The Labute approximate surface area is 87.7 Å². The number of benzene rings is 1. The zero-order chi connectivity index (χ0) is 10.4. The summed E-state index contributed by atoms with van der Waals surface area (Å²) >= 11 is 0. The Hall–Kier alpha value is -1.84. The van der Waals surface area contributed by atoms with Gasteiger partial charge in [0.1, 0.15) is 5.69 Å². The summed E-state index contributed by atoms with van der Waals surface area (Å²) in [5.41, 5.74) is 6.45. The molecule has 1 fully saturated rings. The average Bonchev–Trinajstić information content (AvgIpc) is 2.61. The summed E-state index contributed by atoms with van der Waals surface area (Å²) in [6.45, 7) is 2.64. The van der Waals surface area contributed by atoms with Crippen LogP contribution in [-0.2, 0) is 6.42 Å². The number of rotatable bonds is 0. The van der Waals surface area contributed by atoms with Crippen molar-refractivity contribution in [3.8, 4) is 0 Å². The Bertz CT molecular complexity index is 479. The molecule has 3 rings (SSSR count). The fraction of sp³-hybridized carbons (Fsp3) is 0.273. The topological polar surface area (TPSA) is 35.4 Å². The minimum atomic E-state index is 0.563. The average molecular weight is 202 g/mol. The van der Waals surface area contributed by atoms with E-state index in [2.05, 4.69) is 30.5 Å². The first-order valence-electron chi connectivity index (χ1n) is 5.04. The van der Waals surface area contributed by atoms with Crippen LogP contribution < -0.4 is 10.3 Å². The van der Waals surface area contributed by atoms with E-state index >= 15 is 0 Å². The van der Waals surface area contributed by atoms with Gasteiger partial charge in [0.25, 0.3) is 0 Å². The lowest BCUT2D eigenvalue weighted by molar-refractivity contribution is -0.543. The molecule has 0 aliphatic carbocycles. The van der Waals surface area contributed by atoms with Gasteiger partial charge in [0.15, 0.2) is 6.67 Å². The van der Waals surface area contributed by atoms with Gasteiger partial charge in [-0.1, -0.05) is 18.2 Å². The van der Waals surface area contributed by atoms with Gasteiger partial charge in [-0.3, -0.25) is 0 Å². The molecule has 1 saturated heterocycles. The van der Waals surface area contributed by atoms with Crippen molar-refractivity contribution in [1.82, 2.24) is 5.43 Å². The summed E-state index contributed by atoms with van der Waals surface area (Å²) in [7, 11) is 0. The van der Waals surface area contributed by atoms with Crippen LogP contribution in [-0.4, -0.2) is 11.5 Å². The van der Waals surface area contributed by atoms with Gasteiger partial charge in [0.2, 0.25) is 0 Å². The molecule has 4 nitrogen and oxygen atoms in total. The number of hydrogen-bond donors (Lipinski definition) is 1. The Morgan fingerprint density at radius 3 is 3.20 bits per heavy atom. The largest absolute Gasteiger partial charge is 0.346 e. The normalized spacial score (nSPS) is 18.1. The van der Waals surface area contributed by atoms with E-state index in [4.69, 9.17) is 0 Å². The highest BCUT2D eigenvalue weighted by molar-refractivity contribution is 5.65. The van der Waals surface area contributed by atoms with Crippen molar-refractivity contribution in [3.63, 3.8) is 0 Å². The van der Waals surface area contributed by atoms with Crippen LogP contribution in [0.5, 0.6) is 0 Å². The molecule has 2 aliphatic rings. The second kappa shape index (κ2) is 2.82. The zero-order valence-electron chi connectivity index (χ0n) is 8.53. The van der Waals surface area contributed by atoms with Gasteiger partial charge in [-0.25, -0.2) is 4.90 Å². The minimum absolute atomic E-state index is 0.563. The van der Waals surface area contributed by atoms with Crippen molar-refractivity contribution >= 4 is 5.69 Å². The van der Waals surface area contributed by atoms with Crippen molar-refractivity contribution in [2.24, 2.45) is 0 Å². The van der Waals surface area contributed by atoms with Gasteiger partial charge < -0.3 is 0 Å². The smallest absolute Gasteiger partial charge is 0.201 e. The molecule has 0 atom stereocenters. The highest BCUT2D eigenvalue weighted by atomic mass is 16.3. The molecule has 1 aromatic rings. The second-order valence-electron chi connectivity index (χ2n) is 3.89. The van der Waals surface area contributed by atoms with Gasteiger partial charge in [-0.15, -0.1) is 0 Å². The maximum Gasteiger partial charge on any atom is 0.346 e. The molecule has 76 valence electrons. The SMILES string of the molecule is Cc1cccc2c1N1CN[N+](=O)C1=CC2. The fourth-order valence-electron chi connectivity index (χ4n) is 2.27. The van der Waals surface area contributed by atoms with Crippen LogP contribution in [0, 0.1) is 11.8 Å². The standard InChI is InChI=1S/C11H12N3O/c1-8-3-2-4-9-5-6-10-13(11(8)9)7-12-14(10)15/h2-4,6H,5,7H2,1H3,(H,12,15)/q+1. The number of hydrogen-bond acceptors (Lipinski definition) is 2.